The average molecular weight is 254 g/mol. The summed E-state index contributed by atoms with van der Waals surface area (Å²) in [4.78, 5) is 3.90. The molecule has 0 bridgehead atoms. The molecule has 0 aliphatic rings. The van der Waals surface area contributed by atoms with Crippen molar-refractivity contribution < 1.29 is 9.13 Å². The van der Waals surface area contributed by atoms with Crippen LogP contribution in [0.2, 0.25) is 5.02 Å². The molecule has 6 heteroatoms. The van der Waals surface area contributed by atoms with Crippen LogP contribution < -0.4 is 16.2 Å². The van der Waals surface area contributed by atoms with Gasteiger partial charge in [-0.25, -0.2) is 4.39 Å². The molecule has 0 aliphatic carbocycles. The van der Waals surface area contributed by atoms with Crippen LogP contribution >= 0.6 is 11.6 Å². The summed E-state index contributed by atoms with van der Waals surface area (Å²) in [6.07, 6.45) is 0. The fourth-order valence-electron chi connectivity index (χ4n) is 1.18. The summed E-state index contributed by atoms with van der Waals surface area (Å²) < 4.78 is 18.5. The molecule has 2 rings (SSSR count). The maximum absolute atomic E-state index is 13.1. The van der Waals surface area contributed by atoms with Crippen molar-refractivity contribution in [2.24, 2.45) is 0 Å². The van der Waals surface area contributed by atoms with Crippen molar-refractivity contribution in [3.05, 3.63) is 41.2 Å². The minimum Gasteiger partial charge on any atom is -0.439 e. The molecule has 0 fully saturated rings. The Kier molecular flexibility index (Phi) is 3.01. The van der Waals surface area contributed by atoms with E-state index in [1.54, 1.807) is 6.07 Å². The van der Waals surface area contributed by atoms with E-state index >= 15 is 0 Å². The average Bonchev–Trinajstić information content (AvgIpc) is 2.29. The van der Waals surface area contributed by atoms with Gasteiger partial charge in [-0.05, 0) is 18.2 Å². The Bertz CT molecular complexity index is 513. The number of hydrogen-bond donors (Lipinski definition) is 2. The minimum atomic E-state index is -0.562. The molecule has 4 nitrogen and oxygen atoms in total. The molecule has 1 heterocycles. The molecule has 1 aromatic carbocycles. The van der Waals surface area contributed by atoms with Crippen molar-refractivity contribution in [3.63, 3.8) is 0 Å². The van der Waals surface area contributed by atoms with Gasteiger partial charge in [0.2, 0.25) is 5.88 Å². The Morgan fingerprint density at radius 3 is 2.59 bits per heavy atom. The molecule has 0 saturated heterocycles. The number of rotatable bonds is 2. The monoisotopic (exact) mass is 253 g/mol. The van der Waals surface area contributed by atoms with Crippen molar-refractivity contribution in [1.82, 2.24) is 4.98 Å². The highest BCUT2D eigenvalue weighted by atomic mass is 35.5. The Hall–Kier alpha value is -2.01. The normalized spacial score (nSPS) is 10.2. The number of hydrogen-bond acceptors (Lipinski definition) is 4. The Labute approximate surface area is 102 Å². The second kappa shape index (κ2) is 4.47. The third-order valence-electron chi connectivity index (χ3n) is 2.05. The zero-order valence-electron chi connectivity index (χ0n) is 8.65. The first-order valence-electron chi connectivity index (χ1n) is 4.71. The number of aromatic nitrogens is 1. The van der Waals surface area contributed by atoms with Crippen molar-refractivity contribution in [3.8, 4) is 11.6 Å². The highest BCUT2D eigenvalue weighted by Gasteiger charge is 2.05. The van der Waals surface area contributed by atoms with Crippen LogP contribution in [0.3, 0.4) is 0 Å². The van der Waals surface area contributed by atoms with E-state index in [4.69, 9.17) is 27.8 Å². The number of nitrogen functional groups attached to an aromatic ring is 2. The second-order valence-corrected chi connectivity index (χ2v) is 3.71. The van der Waals surface area contributed by atoms with E-state index in [0.29, 0.717) is 5.69 Å². The van der Waals surface area contributed by atoms with E-state index < -0.39 is 5.82 Å². The molecule has 0 saturated carbocycles. The van der Waals surface area contributed by atoms with Gasteiger partial charge in [0, 0.05) is 12.1 Å². The summed E-state index contributed by atoms with van der Waals surface area (Å²) in [6.45, 7) is 0. The van der Waals surface area contributed by atoms with E-state index in [9.17, 15) is 4.39 Å². The van der Waals surface area contributed by atoms with Crippen LogP contribution in [-0.2, 0) is 0 Å². The number of nitrogens with zero attached hydrogens (tertiary/aromatic N) is 1. The van der Waals surface area contributed by atoms with Crippen LogP contribution in [0.5, 0.6) is 11.6 Å². The lowest BCUT2D eigenvalue weighted by atomic mass is 10.3. The van der Waals surface area contributed by atoms with Crippen LogP contribution in [0, 0.1) is 5.82 Å². The Balaban J connectivity index is 2.25. The van der Waals surface area contributed by atoms with Gasteiger partial charge in [-0.1, -0.05) is 11.6 Å². The molecule has 0 amide bonds. The molecule has 4 N–H and O–H groups in total. The highest BCUT2D eigenvalue weighted by molar-refractivity contribution is 6.30. The first-order valence-corrected chi connectivity index (χ1v) is 5.09. The molecule has 0 spiro atoms. The quantitative estimate of drug-likeness (QED) is 0.863. The van der Waals surface area contributed by atoms with Gasteiger partial charge in [-0.3, -0.25) is 0 Å². The number of ether oxygens (including phenoxy) is 1. The Morgan fingerprint density at radius 2 is 1.94 bits per heavy atom. The van der Waals surface area contributed by atoms with Gasteiger partial charge in [0.05, 0.1) is 10.7 Å². The van der Waals surface area contributed by atoms with Crippen LogP contribution in [-0.4, -0.2) is 4.98 Å². The smallest absolute Gasteiger partial charge is 0.221 e. The highest BCUT2D eigenvalue weighted by Crippen LogP contribution is 2.25. The predicted octanol–water partition coefficient (Wildman–Crippen LogP) is 2.83. The molecular weight excluding hydrogens is 245 g/mol. The molecule has 88 valence electrons. The van der Waals surface area contributed by atoms with Crippen LogP contribution in [0.25, 0.3) is 0 Å². The maximum Gasteiger partial charge on any atom is 0.221 e. The predicted molar refractivity (Wildman–Crippen MR) is 64.5 cm³/mol. The topological polar surface area (TPSA) is 74.2 Å². The minimum absolute atomic E-state index is 0.0297. The van der Waals surface area contributed by atoms with E-state index in [1.165, 1.54) is 18.2 Å². The summed E-state index contributed by atoms with van der Waals surface area (Å²) in [5, 5.41) is 0.0297. The molecule has 0 aliphatic heterocycles. The Morgan fingerprint density at radius 1 is 1.18 bits per heavy atom. The fourth-order valence-corrected chi connectivity index (χ4v) is 1.30. The number of anilines is 2. The van der Waals surface area contributed by atoms with Crippen molar-refractivity contribution in [2.45, 2.75) is 0 Å². The lowest BCUT2D eigenvalue weighted by Crippen LogP contribution is -1.99. The van der Waals surface area contributed by atoms with Crippen LogP contribution in [0.4, 0.5) is 15.9 Å². The summed E-state index contributed by atoms with van der Waals surface area (Å²) >= 11 is 5.55. The lowest BCUT2D eigenvalue weighted by Gasteiger charge is -2.06. The lowest BCUT2D eigenvalue weighted by molar-refractivity contribution is 0.459. The maximum atomic E-state index is 13.1. The number of nitrogens with two attached hydrogens (primary N) is 2. The van der Waals surface area contributed by atoms with Gasteiger partial charge < -0.3 is 16.2 Å². The van der Waals surface area contributed by atoms with Crippen molar-refractivity contribution in [1.29, 1.82) is 0 Å². The van der Waals surface area contributed by atoms with E-state index in [1.807, 2.05) is 0 Å². The van der Waals surface area contributed by atoms with Gasteiger partial charge in [0.25, 0.3) is 0 Å². The zero-order chi connectivity index (χ0) is 12.4. The van der Waals surface area contributed by atoms with Gasteiger partial charge in [-0.2, -0.15) is 4.98 Å². The van der Waals surface area contributed by atoms with Crippen molar-refractivity contribution in [2.75, 3.05) is 11.5 Å². The first kappa shape index (κ1) is 11.5. The fraction of sp³-hybridized carbons (Fsp3) is 0. The largest absolute Gasteiger partial charge is 0.439 e. The van der Waals surface area contributed by atoms with Gasteiger partial charge >= 0.3 is 0 Å². The van der Waals surface area contributed by atoms with Gasteiger partial charge in [0.1, 0.15) is 11.6 Å². The standard InChI is InChI=1S/C11H9ClFN3O/c12-7-2-1-6(5-8(7)13)17-10-4-3-9(14)11(15)16-10/h1-5H,14H2,(H2,15,16). The van der Waals surface area contributed by atoms with Gasteiger partial charge in [-0.15, -0.1) is 0 Å². The van der Waals surface area contributed by atoms with E-state index in [2.05, 4.69) is 4.98 Å². The van der Waals surface area contributed by atoms with E-state index in [0.717, 1.165) is 6.07 Å². The summed E-state index contributed by atoms with van der Waals surface area (Å²) in [5.41, 5.74) is 11.4. The molecule has 0 atom stereocenters. The zero-order valence-corrected chi connectivity index (χ0v) is 9.41. The number of halogens is 2. The molecule has 2 aromatic rings. The summed E-state index contributed by atoms with van der Waals surface area (Å²) in [7, 11) is 0. The number of benzene rings is 1. The van der Waals surface area contributed by atoms with Gasteiger partial charge in [0.15, 0.2) is 5.82 Å². The van der Waals surface area contributed by atoms with Crippen molar-refractivity contribution >= 4 is 23.1 Å². The van der Waals surface area contributed by atoms with E-state index in [-0.39, 0.29) is 22.5 Å². The third-order valence-corrected chi connectivity index (χ3v) is 2.35. The summed E-state index contributed by atoms with van der Waals surface area (Å²) in [5.74, 6) is 0.117. The molecule has 1 aromatic heterocycles. The second-order valence-electron chi connectivity index (χ2n) is 3.30. The molecule has 0 radical (unpaired) electrons. The van der Waals surface area contributed by atoms with Crippen LogP contribution in [0.15, 0.2) is 30.3 Å². The van der Waals surface area contributed by atoms with Crippen LogP contribution in [0.1, 0.15) is 0 Å². The molecule has 17 heavy (non-hydrogen) atoms. The first-order chi connectivity index (χ1) is 8.06. The SMILES string of the molecule is Nc1ccc(Oc2ccc(Cl)c(F)c2)nc1N. The summed E-state index contributed by atoms with van der Waals surface area (Å²) in [6, 6.07) is 7.19. The number of pyridine rings is 1. The molecule has 0 unspecified atom stereocenters. The molecular formula is C11H9ClFN3O. The third kappa shape index (κ3) is 2.57.